The summed E-state index contributed by atoms with van der Waals surface area (Å²) in [4.78, 5) is 12.2. The molecule has 0 spiro atoms. The van der Waals surface area contributed by atoms with E-state index in [1.54, 1.807) is 0 Å². The monoisotopic (exact) mass is 288 g/mol. The number of fused-ring (bicyclic) bond motifs is 1. The molecule has 4 heteroatoms. The van der Waals surface area contributed by atoms with Crippen molar-refractivity contribution in [1.82, 2.24) is 5.32 Å². The SMILES string of the molecule is NCC1CCC(C(=O)NCC2Cc3ccccc3O2)CC1. The van der Waals surface area contributed by atoms with Crippen LogP contribution in [-0.4, -0.2) is 25.1 Å². The van der Waals surface area contributed by atoms with Crippen LogP contribution in [0.1, 0.15) is 31.2 Å². The molecule has 3 rings (SSSR count). The molecule has 4 nitrogen and oxygen atoms in total. The number of carbonyl (C=O) groups excluding carboxylic acids is 1. The highest BCUT2D eigenvalue weighted by atomic mass is 16.5. The Balaban J connectivity index is 1.43. The third-order valence-electron chi connectivity index (χ3n) is 4.77. The summed E-state index contributed by atoms with van der Waals surface area (Å²) in [7, 11) is 0. The van der Waals surface area contributed by atoms with Gasteiger partial charge in [-0.05, 0) is 49.8 Å². The van der Waals surface area contributed by atoms with Crippen LogP contribution in [0.4, 0.5) is 0 Å². The number of nitrogens with two attached hydrogens (primary N) is 1. The van der Waals surface area contributed by atoms with Gasteiger partial charge in [-0.1, -0.05) is 18.2 Å². The Labute approximate surface area is 126 Å². The van der Waals surface area contributed by atoms with Crippen LogP contribution in [0.5, 0.6) is 5.75 Å². The minimum absolute atomic E-state index is 0.0757. The average Bonchev–Trinajstić information content (AvgIpc) is 2.95. The first-order valence-electron chi connectivity index (χ1n) is 7.98. The van der Waals surface area contributed by atoms with Crippen molar-refractivity contribution in [1.29, 1.82) is 0 Å². The van der Waals surface area contributed by atoms with Crippen molar-refractivity contribution in [2.24, 2.45) is 17.6 Å². The zero-order valence-corrected chi connectivity index (χ0v) is 12.4. The Morgan fingerprint density at radius 2 is 2.00 bits per heavy atom. The van der Waals surface area contributed by atoms with Crippen molar-refractivity contribution in [3.8, 4) is 5.75 Å². The molecule has 1 saturated carbocycles. The van der Waals surface area contributed by atoms with Crippen molar-refractivity contribution >= 4 is 5.91 Å². The fourth-order valence-electron chi connectivity index (χ4n) is 3.39. The molecule has 1 atom stereocenters. The average molecular weight is 288 g/mol. The predicted octanol–water partition coefficient (Wildman–Crippen LogP) is 1.87. The Morgan fingerprint density at radius 1 is 1.24 bits per heavy atom. The van der Waals surface area contributed by atoms with Gasteiger partial charge in [0.05, 0.1) is 6.54 Å². The van der Waals surface area contributed by atoms with Crippen LogP contribution in [-0.2, 0) is 11.2 Å². The molecule has 21 heavy (non-hydrogen) atoms. The highest BCUT2D eigenvalue weighted by molar-refractivity contribution is 5.78. The van der Waals surface area contributed by atoms with E-state index in [1.165, 1.54) is 5.56 Å². The van der Waals surface area contributed by atoms with Gasteiger partial charge in [-0.3, -0.25) is 4.79 Å². The first-order chi connectivity index (χ1) is 10.3. The lowest BCUT2D eigenvalue weighted by Gasteiger charge is -2.27. The van der Waals surface area contributed by atoms with Gasteiger partial charge in [0, 0.05) is 12.3 Å². The third kappa shape index (κ3) is 3.38. The molecule has 1 fully saturated rings. The molecule has 3 N–H and O–H groups in total. The van der Waals surface area contributed by atoms with Gasteiger partial charge in [0.25, 0.3) is 0 Å². The smallest absolute Gasteiger partial charge is 0.223 e. The largest absolute Gasteiger partial charge is 0.488 e. The molecular formula is C17H24N2O2. The standard InChI is InChI=1S/C17H24N2O2/c18-10-12-5-7-13(8-6-12)17(20)19-11-15-9-14-3-1-2-4-16(14)21-15/h1-4,12-13,15H,5-11,18H2,(H,19,20). The van der Waals surface area contributed by atoms with E-state index in [0.29, 0.717) is 12.5 Å². The zero-order valence-electron chi connectivity index (χ0n) is 12.4. The van der Waals surface area contributed by atoms with E-state index < -0.39 is 0 Å². The second-order valence-corrected chi connectivity index (χ2v) is 6.25. The first-order valence-corrected chi connectivity index (χ1v) is 7.98. The van der Waals surface area contributed by atoms with E-state index in [0.717, 1.165) is 44.4 Å². The van der Waals surface area contributed by atoms with Gasteiger partial charge in [-0.25, -0.2) is 0 Å². The van der Waals surface area contributed by atoms with Gasteiger partial charge < -0.3 is 15.8 Å². The van der Waals surface area contributed by atoms with Crippen molar-refractivity contribution in [2.45, 2.75) is 38.2 Å². The fraction of sp³-hybridized carbons (Fsp3) is 0.588. The van der Waals surface area contributed by atoms with Crippen LogP contribution >= 0.6 is 0 Å². The van der Waals surface area contributed by atoms with Crippen LogP contribution in [0.15, 0.2) is 24.3 Å². The highest BCUT2D eigenvalue weighted by Crippen LogP contribution is 2.29. The number of nitrogens with one attached hydrogen (secondary N) is 1. The number of amides is 1. The van der Waals surface area contributed by atoms with Crippen LogP contribution in [0, 0.1) is 11.8 Å². The van der Waals surface area contributed by atoms with Gasteiger partial charge in [-0.2, -0.15) is 0 Å². The first kappa shape index (κ1) is 14.4. The normalized spacial score (nSPS) is 27.8. The molecule has 0 radical (unpaired) electrons. The van der Waals surface area contributed by atoms with E-state index in [2.05, 4.69) is 11.4 Å². The van der Waals surface area contributed by atoms with Gasteiger partial charge in [0.15, 0.2) is 0 Å². The maximum absolute atomic E-state index is 12.2. The third-order valence-corrected chi connectivity index (χ3v) is 4.77. The molecular weight excluding hydrogens is 264 g/mol. The fourth-order valence-corrected chi connectivity index (χ4v) is 3.39. The Morgan fingerprint density at radius 3 is 2.71 bits per heavy atom. The number of rotatable bonds is 4. The molecule has 0 aromatic heterocycles. The molecule has 1 unspecified atom stereocenters. The number of hydrogen-bond acceptors (Lipinski definition) is 3. The lowest BCUT2D eigenvalue weighted by atomic mass is 9.81. The summed E-state index contributed by atoms with van der Waals surface area (Å²) < 4.78 is 5.85. The van der Waals surface area contributed by atoms with E-state index in [-0.39, 0.29) is 17.9 Å². The lowest BCUT2D eigenvalue weighted by Crippen LogP contribution is -2.39. The highest BCUT2D eigenvalue weighted by Gasteiger charge is 2.27. The molecule has 1 aromatic carbocycles. The van der Waals surface area contributed by atoms with Crippen molar-refractivity contribution in [3.63, 3.8) is 0 Å². The molecule has 1 aliphatic carbocycles. The summed E-state index contributed by atoms with van der Waals surface area (Å²) in [6, 6.07) is 8.09. The summed E-state index contributed by atoms with van der Waals surface area (Å²) >= 11 is 0. The Kier molecular flexibility index (Phi) is 4.44. The minimum Gasteiger partial charge on any atom is -0.488 e. The summed E-state index contributed by atoms with van der Waals surface area (Å²) in [6.45, 7) is 1.35. The number of benzene rings is 1. The molecule has 1 aromatic rings. The van der Waals surface area contributed by atoms with Crippen molar-refractivity contribution in [2.75, 3.05) is 13.1 Å². The minimum atomic E-state index is 0.0757. The topological polar surface area (TPSA) is 64.4 Å². The van der Waals surface area contributed by atoms with Gasteiger partial charge in [0.2, 0.25) is 5.91 Å². The molecule has 1 heterocycles. The second kappa shape index (κ2) is 6.48. The van der Waals surface area contributed by atoms with Gasteiger partial charge in [0.1, 0.15) is 11.9 Å². The van der Waals surface area contributed by atoms with Gasteiger partial charge in [-0.15, -0.1) is 0 Å². The quantitative estimate of drug-likeness (QED) is 0.889. The molecule has 0 saturated heterocycles. The summed E-state index contributed by atoms with van der Waals surface area (Å²) in [5.74, 6) is 1.92. The summed E-state index contributed by atoms with van der Waals surface area (Å²) in [5.41, 5.74) is 6.93. The zero-order chi connectivity index (χ0) is 14.7. The van der Waals surface area contributed by atoms with E-state index in [1.807, 2.05) is 18.2 Å². The Bertz CT molecular complexity index is 470. The van der Waals surface area contributed by atoms with Crippen LogP contribution < -0.4 is 15.8 Å². The summed E-state index contributed by atoms with van der Waals surface area (Å²) in [6.07, 6.45) is 5.07. The lowest BCUT2D eigenvalue weighted by molar-refractivity contribution is -0.126. The molecule has 0 bridgehead atoms. The number of para-hydroxylation sites is 1. The van der Waals surface area contributed by atoms with Crippen LogP contribution in [0.25, 0.3) is 0 Å². The van der Waals surface area contributed by atoms with Crippen molar-refractivity contribution in [3.05, 3.63) is 29.8 Å². The second-order valence-electron chi connectivity index (χ2n) is 6.25. The van der Waals surface area contributed by atoms with Crippen molar-refractivity contribution < 1.29 is 9.53 Å². The van der Waals surface area contributed by atoms with E-state index in [9.17, 15) is 4.79 Å². The molecule has 2 aliphatic rings. The molecule has 1 amide bonds. The predicted molar refractivity (Wildman–Crippen MR) is 82.1 cm³/mol. The molecule has 1 aliphatic heterocycles. The van der Waals surface area contributed by atoms with E-state index in [4.69, 9.17) is 10.5 Å². The Hall–Kier alpha value is -1.55. The molecule has 114 valence electrons. The van der Waals surface area contributed by atoms with Crippen LogP contribution in [0.2, 0.25) is 0 Å². The van der Waals surface area contributed by atoms with Crippen LogP contribution in [0.3, 0.4) is 0 Å². The maximum Gasteiger partial charge on any atom is 0.223 e. The van der Waals surface area contributed by atoms with Gasteiger partial charge >= 0.3 is 0 Å². The number of carbonyl (C=O) groups is 1. The number of hydrogen-bond donors (Lipinski definition) is 2. The maximum atomic E-state index is 12.2. The number of ether oxygens (including phenoxy) is 1. The van der Waals surface area contributed by atoms with E-state index >= 15 is 0 Å². The summed E-state index contributed by atoms with van der Waals surface area (Å²) in [5, 5.41) is 3.07.